The van der Waals surface area contributed by atoms with Gasteiger partial charge in [-0.25, -0.2) is 9.97 Å². The minimum Gasteiger partial charge on any atom is -0.459 e. The second kappa shape index (κ2) is 7.05. The van der Waals surface area contributed by atoms with Crippen molar-refractivity contribution < 1.29 is 14.0 Å². The van der Waals surface area contributed by atoms with E-state index in [1.54, 1.807) is 29.8 Å². The third-order valence-corrected chi connectivity index (χ3v) is 3.93. The first-order chi connectivity index (χ1) is 11.6. The van der Waals surface area contributed by atoms with Gasteiger partial charge in [-0.2, -0.15) is 0 Å². The summed E-state index contributed by atoms with van der Waals surface area (Å²) >= 11 is 1.25. The van der Waals surface area contributed by atoms with Gasteiger partial charge in [-0.1, -0.05) is 6.07 Å². The fourth-order valence-electron chi connectivity index (χ4n) is 1.97. The van der Waals surface area contributed by atoms with E-state index in [1.807, 2.05) is 13.0 Å². The van der Waals surface area contributed by atoms with Crippen LogP contribution in [0.4, 0.5) is 10.9 Å². The van der Waals surface area contributed by atoms with E-state index < -0.39 is 0 Å². The SMILES string of the molecule is Cc1cccnc1NC(=O)Cc1csc(NC(=O)c2ccco2)n1. The molecule has 0 radical (unpaired) electrons. The number of amides is 2. The van der Waals surface area contributed by atoms with E-state index in [0.29, 0.717) is 16.6 Å². The second-order valence-electron chi connectivity index (χ2n) is 4.97. The van der Waals surface area contributed by atoms with Crippen LogP contribution in [0, 0.1) is 6.92 Å². The zero-order valence-corrected chi connectivity index (χ0v) is 13.6. The summed E-state index contributed by atoms with van der Waals surface area (Å²) in [6.07, 6.45) is 3.14. The maximum Gasteiger partial charge on any atom is 0.293 e. The van der Waals surface area contributed by atoms with Gasteiger partial charge in [0, 0.05) is 11.6 Å². The molecule has 3 heterocycles. The molecule has 24 heavy (non-hydrogen) atoms. The summed E-state index contributed by atoms with van der Waals surface area (Å²) < 4.78 is 5.01. The van der Waals surface area contributed by atoms with Gasteiger partial charge >= 0.3 is 0 Å². The maximum atomic E-state index is 12.1. The van der Waals surface area contributed by atoms with Crippen LogP contribution in [-0.2, 0) is 11.2 Å². The summed E-state index contributed by atoms with van der Waals surface area (Å²) in [5.41, 5.74) is 1.45. The number of nitrogens with zero attached hydrogens (tertiary/aromatic N) is 2. The van der Waals surface area contributed by atoms with E-state index in [4.69, 9.17) is 4.42 Å². The molecule has 0 saturated carbocycles. The molecule has 0 aromatic carbocycles. The van der Waals surface area contributed by atoms with Crippen molar-refractivity contribution >= 4 is 34.1 Å². The van der Waals surface area contributed by atoms with Gasteiger partial charge in [0.05, 0.1) is 18.4 Å². The monoisotopic (exact) mass is 342 g/mol. The molecule has 0 aliphatic heterocycles. The van der Waals surface area contributed by atoms with Crippen molar-refractivity contribution in [3.8, 4) is 0 Å². The Balaban J connectivity index is 1.58. The molecular weight excluding hydrogens is 328 g/mol. The van der Waals surface area contributed by atoms with Gasteiger partial charge in [0.15, 0.2) is 10.9 Å². The molecule has 2 N–H and O–H groups in total. The Kier molecular flexibility index (Phi) is 4.66. The number of nitrogens with one attached hydrogen (secondary N) is 2. The number of aromatic nitrogens is 2. The van der Waals surface area contributed by atoms with E-state index in [1.165, 1.54) is 17.6 Å². The van der Waals surface area contributed by atoms with Gasteiger partial charge in [0.2, 0.25) is 5.91 Å². The Hall–Kier alpha value is -3.00. The van der Waals surface area contributed by atoms with Crippen molar-refractivity contribution in [2.24, 2.45) is 0 Å². The van der Waals surface area contributed by atoms with Crippen LogP contribution in [0.1, 0.15) is 21.8 Å². The number of pyridine rings is 1. The number of hydrogen-bond donors (Lipinski definition) is 2. The average molecular weight is 342 g/mol. The third-order valence-electron chi connectivity index (χ3n) is 3.13. The quantitative estimate of drug-likeness (QED) is 0.743. The highest BCUT2D eigenvalue weighted by molar-refractivity contribution is 7.14. The standard InChI is InChI=1S/C16H14N4O3S/c1-10-4-2-6-17-14(10)19-13(21)8-11-9-24-16(18-11)20-15(22)12-5-3-7-23-12/h2-7,9H,8H2,1H3,(H,17,19,21)(H,18,20,22). The molecule has 3 aromatic heterocycles. The summed E-state index contributed by atoms with van der Waals surface area (Å²) in [7, 11) is 0. The number of furan rings is 1. The number of thiazole rings is 1. The Morgan fingerprint density at radius 2 is 2.12 bits per heavy atom. The number of carbonyl (C=O) groups is 2. The number of anilines is 2. The van der Waals surface area contributed by atoms with Crippen LogP contribution in [0.25, 0.3) is 0 Å². The van der Waals surface area contributed by atoms with Gasteiger partial charge in [-0.05, 0) is 30.7 Å². The topological polar surface area (TPSA) is 97.1 Å². The fourth-order valence-corrected chi connectivity index (χ4v) is 2.67. The van der Waals surface area contributed by atoms with Crippen LogP contribution in [-0.4, -0.2) is 21.8 Å². The first-order valence-corrected chi connectivity index (χ1v) is 8.00. The molecular formula is C16H14N4O3S. The summed E-state index contributed by atoms with van der Waals surface area (Å²) in [5.74, 6) is 0.139. The van der Waals surface area contributed by atoms with Crippen LogP contribution in [0.3, 0.4) is 0 Å². The Morgan fingerprint density at radius 3 is 2.88 bits per heavy atom. The van der Waals surface area contributed by atoms with Crippen molar-refractivity contribution in [3.63, 3.8) is 0 Å². The van der Waals surface area contributed by atoms with Gasteiger partial charge in [0.25, 0.3) is 5.91 Å². The molecule has 0 atom stereocenters. The fraction of sp³-hybridized carbons (Fsp3) is 0.125. The number of aryl methyl sites for hydroxylation is 1. The van der Waals surface area contributed by atoms with Crippen molar-refractivity contribution in [1.82, 2.24) is 9.97 Å². The number of hydrogen-bond acceptors (Lipinski definition) is 6. The summed E-state index contributed by atoms with van der Waals surface area (Å²) in [6, 6.07) is 6.87. The highest BCUT2D eigenvalue weighted by atomic mass is 32.1. The van der Waals surface area contributed by atoms with E-state index in [2.05, 4.69) is 20.6 Å². The number of carbonyl (C=O) groups excluding carboxylic acids is 2. The van der Waals surface area contributed by atoms with Crippen LogP contribution < -0.4 is 10.6 Å². The summed E-state index contributed by atoms with van der Waals surface area (Å²) in [5, 5.41) is 7.51. The lowest BCUT2D eigenvalue weighted by atomic mass is 10.2. The molecule has 3 rings (SSSR count). The molecule has 7 nitrogen and oxygen atoms in total. The van der Waals surface area contributed by atoms with Crippen molar-refractivity contribution in [2.75, 3.05) is 10.6 Å². The van der Waals surface area contributed by atoms with E-state index in [0.717, 1.165) is 5.56 Å². The van der Waals surface area contributed by atoms with Crippen LogP contribution in [0.5, 0.6) is 0 Å². The molecule has 0 fully saturated rings. The molecule has 0 aliphatic rings. The third kappa shape index (κ3) is 3.85. The smallest absolute Gasteiger partial charge is 0.293 e. The molecule has 8 heteroatoms. The Bertz CT molecular complexity index is 858. The molecule has 0 unspecified atom stereocenters. The molecule has 0 bridgehead atoms. The van der Waals surface area contributed by atoms with Gasteiger partial charge < -0.3 is 9.73 Å². The van der Waals surface area contributed by atoms with E-state index in [-0.39, 0.29) is 24.0 Å². The predicted molar refractivity (Wildman–Crippen MR) is 90.1 cm³/mol. The first-order valence-electron chi connectivity index (χ1n) is 7.12. The van der Waals surface area contributed by atoms with Crippen LogP contribution >= 0.6 is 11.3 Å². The minimum absolute atomic E-state index is 0.100. The van der Waals surface area contributed by atoms with Gasteiger partial charge in [0.1, 0.15) is 5.82 Å². The summed E-state index contributed by atoms with van der Waals surface area (Å²) in [4.78, 5) is 32.3. The lowest BCUT2D eigenvalue weighted by Gasteiger charge is -2.05. The largest absolute Gasteiger partial charge is 0.459 e. The molecule has 0 spiro atoms. The molecule has 3 aromatic rings. The normalized spacial score (nSPS) is 10.4. The van der Waals surface area contributed by atoms with E-state index in [9.17, 15) is 9.59 Å². The lowest BCUT2D eigenvalue weighted by Crippen LogP contribution is -2.16. The Labute approximate surface area is 141 Å². The zero-order chi connectivity index (χ0) is 16.9. The van der Waals surface area contributed by atoms with Crippen molar-refractivity contribution in [3.05, 3.63) is 59.1 Å². The molecule has 2 amide bonds. The minimum atomic E-state index is -0.380. The molecule has 0 saturated heterocycles. The molecule has 0 aliphatic carbocycles. The molecule has 122 valence electrons. The van der Waals surface area contributed by atoms with Gasteiger partial charge in [-0.3, -0.25) is 14.9 Å². The van der Waals surface area contributed by atoms with E-state index >= 15 is 0 Å². The van der Waals surface area contributed by atoms with Crippen LogP contribution in [0.15, 0.2) is 46.5 Å². The highest BCUT2D eigenvalue weighted by Crippen LogP contribution is 2.18. The van der Waals surface area contributed by atoms with Crippen molar-refractivity contribution in [1.29, 1.82) is 0 Å². The first kappa shape index (κ1) is 15.9. The van der Waals surface area contributed by atoms with Crippen LogP contribution in [0.2, 0.25) is 0 Å². The highest BCUT2D eigenvalue weighted by Gasteiger charge is 2.13. The van der Waals surface area contributed by atoms with Crippen molar-refractivity contribution in [2.45, 2.75) is 13.3 Å². The number of rotatable bonds is 5. The maximum absolute atomic E-state index is 12.1. The Morgan fingerprint density at radius 1 is 1.25 bits per heavy atom. The second-order valence-corrected chi connectivity index (χ2v) is 5.83. The zero-order valence-electron chi connectivity index (χ0n) is 12.8. The lowest BCUT2D eigenvalue weighted by molar-refractivity contribution is -0.115. The predicted octanol–water partition coefficient (Wildman–Crippen LogP) is 2.87. The van der Waals surface area contributed by atoms with Gasteiger partial charge in [-0.15, -0.1) is 11.3 Å². The summed E-state index contributed by atoms with van der Waals surface area (Å²) in [6.45, 7) is 1.87. The average Bonchev–Trinajstić information content (AvgIpc) is 3.21.